The highest BCUT2D eigenvalue weighted by molar-refractivity contribution is 5.71. The Hall–Kier alpha value is -1.29. The van der Waals surface area contributed by atoms with Crippen LogP contribution in [0.2, 0.25) is 0 Å². The predicted octanol–water partition coefficient (Wildman–Crippen LogP) is 2.65. The molecule has 0 aliphatic heterocycles. The number of carbonyl (C=O) groups is 1. The van der Waals surface area contributed by atoms with Crippen molar-refractivity contribution in [3.05, 3.63) is 23.3 Å². The van der Waals surface area contributed by atoms with Gasteiger partial charge in [-0.3, -0.25) is 4.79 Å². The van der Waals surface area contributed by atoms with Gasteiger partial charge in [-0.15, -0.1) is 0 Å². The molecule has 1 aliphatic rings. The quantitative estimate of drug-likeness (QED) is 0.772. The largest absolute Gasteiger partial charge is 0.370 e. The number of aldehydes is 1. The number of carbonyl (C=O) groups excluding carboxylic acids is 1. The minimum absolute atomic E-state index is 0.415. The van der Waals surface area contributed by atoms with E-state index in [-0.39, 0.29) is 0 Å². The number of nitrogens with zero attached hydrogens (tertiary/aromatic N) is 2. The number of hydrogen-bond donors (Lipinski definition) is 0. The van der Waals surface area contributed by atoms with E-state index in [4.69, 9.17) is 4.74 Å². The molecule has 0 bridgehead atoms. The first-order valence-corrected chi connectivity index (χ1v) is 6.46. The lowest BCUT2D eigenvalue weighted by atomic mass is 9.78. The summed E-state index contributed by atoms with van der Waals surface area (Å²) in [4.78, 5) is 19.8. The summed E-state index contributed by atoms with van der Waals surface area (Å²) in [6.45, 7) is 4.11. The van der Waals surface area contributed by atoms with E-state index >= 15 is 0 Å². The number of methoxy groups -OCH3 is 1. The van der Waals surface area contributed by atoms with Crippen molar-refractivity contribution in [3.8, 4) is 0 Å². The van der Waals surface area contributed by atoms with Crippen LogP contribution in [0.25, 0.3) is 0 Å². The van der Waals surface area contributed by atoms with Gasteiger partial charge in [0.2, 0.25) is 0 Å². The minimum Gasteiger partial charge on any atom is -0.370 e. The number of aryl methyl sites for hydroxylation is 1. The zero-order valence-electron chi connectivity index (χ0n) is 11.3. The Morgan fingerprint density at radius 3 is 2.89 bits per heavy atom. The maximum Gasteiger partial charge on any atom is 0.168 e. The summed E-state index contributed by atoms with van der Waals surface area (Å²) in [6, 6.07) is 1.70. The molecule has 18 heavy (non-hydrogen) atoms. The van der Waals surface area contributed by atoms with Gasteiger partial charge in [-0.05, 0) is 38.2 Å². The zero-order chi connectivity index (χ0) is 13.2. The molecule has 2 rings (SSSR count). The highest BCUT2D eigenvalue weighted by Crippen LogP contribution is 2.41. The Morgan fingerprint density at radius 1 is 1.50 bits per heavy atom. The number of hydrogen-bond acceptors (Lipinski definition) is 4. The Kier molecular flexibility index (Phi) is 3.76. The van der Waals surface area contributed by atoms with Crippen molar-refractivity contribution in [3.63, 3.8) is 0 Å². The first-order chi connectivity index (χ1) is 8.59. The van der Waals surface area contributed by atoms with E-state index in [0.717, 1.165) is 31.2 Å². The monoisotopic (exact) mass is 248 g/mol. The van der Waals surface area contributed by atoms with Crippen molar-refractivity contribution < 1.29 is 9.53 Å². The predicted molar refractivity (Wildman–Crippen MR) is 68.5 cm³/mol. The van der Waals surface area contributed by atoms with Crippen LogP contribution >= 0.6 is 0 Å². The lowest BCUT2D eigenvalue weighted by Gasteiger charge is -2.37. The van der Waals surface area contributed by atoms with Gasteiger partial charge in [0.05, 0.1) is 0 Å². The third-order valence-electron chi connectivity index (χ3n) is 3.75. The van der Waals surface area contributed by atoms with Gasteiger partial charge in [-0.2, -0.15) is 0 Å². The van der Waals surface area contributed by atoms with Gasteiger partial charge >= 0.3 is 0 Å². The first kappa shape index (κ1) is 13.1. The van der Waals surface area contributed by atoms with Crippen LogP contribution in [-0.2, 0) is 10.3 Å². The molecule has 98 valence electrons. The average Bonchev–Trinajstić information content (AvgIpc) is 2.37. The van der Waals surface area contributed by atoms with Crippen molar-refractivity contribution >= 4 is 6.29 Å². The average molecular weight is 248 g/mol. The third-order valence-corrected chi connectivity index (χ3v) is 3.75. The third kappa shape index (κ3) is 2.43. The SMILES string of the molecule is COC1(c2nc(C)cc(C=O)n2)CCCC(C)C1. The standard InChI is InChI=1S/C14H20N2O2/c1-10-5-4-6-14(8-10,18-3)13-15-11(2)7-12(9-17)16-13/h7,9-10H,4-6,8H2,1-3H3. The molecular weight excluding hydrogens is 228 g/mol. The molecule has 0 saturated heterocycles. The summed E-state index contributed by atoms with van der Waals surface area (Å²) in [5.41, 5.74) is 0.838. The van der Waals surface area contributed by atoms with E-state index in [9.17, 15) is 4.79 Å². The maximum absolute atomic E-state index is 10.9. The molecule has 1 saturated carbocycles. The normalized spacial score (nSPS) is 28.1. The van der Waals surface area contributed by atoms with Crippen LogP contribution in [0, 0.1) is 12.8 Å². The smallest absolute Gasteiger partial charge is 0.168 e. The topological polar surface area (TPSA) is 52.1 Å². The van der Waals surface area contributed by atoms with Crippen molar-refractivity contribution in [1.82, 2.24) is 9.97 Å². The summed E-state index contributed by atoms with van der Waals surface area (Å²) >= 11 is 0. The fraction of sp³-hybridized carbons (Fsp3) is 0.643. The van der Waals surface area contributed by atoms with Crippen LogP contribution < -0.4 is 0 Å². The van der Waals surface area contributed by atoms with E-state index in [1.807, 2.05) is 6.92 Å². The van der Waals surface area contributed by atoms with Crippen molar-refractivity contribution in [2.45, 2.75) is 45.1 Å². The Morgan fingerprint density at radius 2 is 2.28 bits per heavy atom. The molecule has 1 fully saturated rings. The first-order valence-electron chi connectivity index (χ1n) is 6.46. The molecule has 0 spiro atoms. The molecule has 0 amide bonds. The van der Waals surface area contributed by atoms with Gasteiger partial charge in [0.15, 0.2) is 12.1 Å². The Balaban J connectivity index is 2.43. The molecule has 0 radical (unpaired) electrons. The van der Waals surface area contributed by atoms with E-state index in [0.29, 0.717) is 17.4 Å². The molecular formula is C14H20N2O2. The highest BCUT2D eigenvalue weighted by Gasteiger charge is 2.39. The van der Waals surface area contributed by atoms with Crippen LogP contribution in [0.5, 0.6) is 0 Å². The molecule has 1 aromatic rings. The van der Waals surface area contributed by atoms with Crippen molar-refractivity contribution in [2.24, 2.45) is 5.92 Å². The van der Waals surface area contributed by atoms with Crippen LogP contribution in [0.15, 0.2) is 6.07 Å². The van der Waals surface area contributed by atoms with E-state index in [1.54, 1.807) is 13.2 Å². The lowest BCUT2D eigenvalue weighted by Crippen LogP contribution is -2.36. The van der Waals surface area contributed by atoms with Crippen LogP contribution in [0.4, 0.5) is 0 Å². The molecule has 1 aliphatic carbocycles. The molecule has 4 nitrogen and oxygen atoms in total. The Labute approximate surface area is 108 Å². The van der Waals surface area contributed by atoms with Gasteiger partial charge in [-0.25, -0.2) is 9.97 Å². The van der Waals surface area contributed by atoms with E-state index < -0.39 is 5.60 Å². The van der Waals surface area contributed by atoms with Gasteiger partial charge in [0.1, 0.15) is 11.3 Å². The fourth-order valence-corrected chi connectivity index (χ4v) is 2.84. The molecule has 1 aromatic heterocycles. The molecule has 2 unspecified atom stereocenters. The summed E-state index contributed by atoms with van der Waals surface area (Å²) in [5, 5.41) is 0. The molecule has 1 heterocycles. The summed E-state index contributed by atoms with van der Waals surface area (Å²) in [7, 11) is 1.71. The van der Waals surface area contributed by atoms with Crippen LogP contribution in [0.3, 0.4) is 0 Å². The number of rotatable bonds is 3. The second-order valence-corrected chi connectivity index (χ2v) is 5.28. The summed E-state index contributed by atoms with van der Waals surface area (Å²) in [5.74, 6) is 1.26. The molecule has 0 N–H and O–H groups in total. The van der Waals surface area contributed by atoms with E-state index in [2.05, 4.69) is 16.9 Å². The highest BCUT2D eigenvalue weighted by atomic mass is 16.5. The fourth-order valence-electron chi connectivity index (χ4n) is 2.84. The second kappa shape index (κ2) is 5.14. The van der Waals surface area contributed by atoms with Gasteiger partial charge in [0.25, 0.3) is 0 Å². The van der Waals surface area contributed by atoms with Crippen LogP contribution in [-0.4, -0.2) is 23.4 Å². The van der Waals surface area contributed by atoms with Gasteiger partial charge in [-0.1, -0.05) is 13.3 Å². The maximum atomic E-state index is 10.9. The number of ether oxygens (including phenoxy) is 1. The molecule has 2 atom stereocenters. The van der Waals surface area contributed by atoms with Gasteiger partial charge in [0, 0.05) is 12.8 Å². The minimum atomic E-state index is -0.415. The molecule has 0 aromatic carbocycles. The Bertz CT molecular complexity index is 447. The second-order valence-electron chi connectivity index (χ2n) is 5.28. The summed E-state index contributed by atoms with van der Waals surface area (Å²) in [6.07, 6.45) is 4.95. The van der Waals surface area contributed by atoms with Crippen molar-refractivity contribution in [1.29, 1.82) is 0 Å². The van der Waals surface area contributed by atoms with Crippen molar-refractivity contribution in [2.75, 3.05) is 7.11 Å². The van der Waals surface area contributed by atoms with Crippen LogP contribution in [0.1, 0.15) is 54.6 Å². The number of aromatic nitrogens is 2. The zero-order valence-corrected chi connectivity index (χ0v) is 11.3. The van der Waals surface area contributed by atoms with E-state index in [1.165, 1.54) is 6.42 Å². The summed E-state index contributed by atoms with van der Waals surface area (Å²) < 4.78 is 5.75. The lowest BCUT2D eigenvalue weighted by molar-refractivity contribution is -0.0647. The van der Waals surface area contributed by atoms with Gasteiger partial charge < -0.3 is 4.74 Å². The molecule has 4 heteroatoms.